The predicted molar refractivity (Wildman–Crippen MR) is 54.4 cm³/mol. The number of halogens is 2. The van der Waals surface area contributed by atoms with Crippen molar-refractivity contribution in [3.8, 4) is 0 Å². The molecule has 1 rings (SSSR count). The van der Waals surface area contributed by atoms with E-state index in [2.05, 4.69) is 10.3 Å². The molecule has 0 saturated carbocycles. The van der Waals surface area contributed by atoms with E-state index >= 15 is 0 Å². The average molecular weight is 221 g/mol. The summed E-state index contributed by atoms with van der Waals surface area (Å²) in [5, 5.41) is 12.6. The van der Waals surface area contributed by atoms with Gasteiger partial charge in [-0.25, -0.2) is 4.98 Å². The van der Waals surface area contributed by atoms with Crippen molar-refractivity contribution in [3.63, 3.8) is 0 Å². The van der Waals surface area contributed by atoms with Crippen LogP contribution in [-0.4, -0.2) is 22.7 Å². The summed E-state index contributed by atoms with van der Waals surface area (Å²) in [6.45, 7) is 1.84. The van der Waals surface area contributed by atoms with Crippen LogP contribution in [0, 0.1) is 0 Å². The van der Waals surface area contributed by atoms with E-state index in [1.807, 2.05) is 6.92 Å². The molecule has 0 aromatic carbocycles. The number of aliphatic hydroxyl groups excluding tert-OH is 1. The van der Waals surface area contributed by atoms with Crippen LogP contribution in [0.15, 0.2) is 12.1 Å². The second-order valence-electron chi connectivity index (χ2n) is 2.69. The highest BCUT2D eigenvalue weighted by Crippen LogP contribution is 2.21. The van der Waals surface area contributed by atoms with Gasteiger partial charge in [-0.1, -0.05) is 23.2 Å². The lowest BCUT2D eigenvalue weighted by molar-refractivity contribution is 0.281. The van der Waals surface area contributed by atoms with E-state index in [4.69, 9.17) is 28.3 Å². The van der Waals surface area contributed by atoms with Crippen LogP contribution in [0.25, 0.3) is 0 Å². The number of aromatic nitrogens is 1. The molecule has 1 aromatic heterocycles. The monoisotopic (exact) mass is 220 g/mol. The Kier molecular flexibility index (Phi) is 3.78. The largest absolute Gasteiger partial charge is 0.394 e. The Balaban J connectivity index is 2.81. The third-order valence-electron chi connectivity index (χ3n) is 1.47. The molecular weight excluding hydrogens is 211 g/mol. The van der Waals surface area contributed by atoms with Crippen LogP contribution < -0.4 is 5.32 Å². The van der Waals surface area contributed by atoms with Crippen molar-refractivity contribution in [1.29, 1.82) is 0 Å². The van der Waals surface area contributed by atoms with Crippen molar-refractivity contribution in [2.45, 2.75) is 13.0 Å². The molecule has 0 aliphatic carbocycles. The van der Waals surface area contributed by atoms with Crippen LogP contribution in [0.2, 0.25) is 10.2 Å². The summed E-state index contributed by atoms with van der Waals surface area (Å²) in [5.74, 6) is 0.496. The number of nitrogens with zero attached hydrogens (tertiary/aromatic N) is 1. The van der Waals surface area contributed by atoms with E-state index in [1.165, 1.54) is 0 Å². The van der Waals surface area contributed by atoms with Gasteiger partial charge in [0.2, 0.25) is 0 Å². The maximum absolute atomic E-state index is 8.79. The predicted octanol–water partition coefficient (Wildman–Crippen LogP) is 2.18. The molecule has 0 spiro atoms. The molecule has 2 N–H and O–H groups in total. The Labute approximate surface area is 86.7 Å². The van der Waals surface area contributed by atoms with Crippen LogP contribution in [0.4, 0.5) is 5.82 Å². The molecule has 0 radical (unpaired) electrons. The quantitative estimate of drug-likeness (QED) is 0.769. The topological polar surface area (TPSA) is 45.1 Å². The molecule has 0 bridgehead atoms. The van der Waals surface area contributed by atoms with Crippen LogP contribution in [0.1, 0.15) is 6.92 Å². The first-order chi connectivity index (χ1) is 6.13. The maximum atomic E-state index is 8.79. The van der Waals surface area contributed by atoms with Gasteiger partial charge < -0.3 is 10.4 Å². The molecule has 0 fully saturated rings. The van der Waals surface area contributed by atoms with Gasteiger partial charge >= 0.3 is 0 Å². The van der Waals surface area contributed by atoms with Crippen molar-refractivity contribution >= 4 is 29.0 Å². The van der Waals surface area contributed by atoms with Gasteiger partial charge in [0, 0.05) is 6.04 Å². The molecule has 72 valence electrons. The van der Waals surface area contributed by atoms with E-state index in [1.54, 1.807) is 12.1 Å². The van der Waals surface area contributed by atoms with E-state index < -0.39 is 0 Å². The number of nitrogens with one attached hydrogen (secondary N) is 1. The molecule has 0 aliphatic rings. The molecule has 0 amide bonds. The summed E-state index contributed by atoms with van der Waals surface area (Å²) >= 11 is 11.5. The SMILES string of the molecule is C[C@@H](CO)Nc1nc(Cl)ccc1Cl. The van der Waals surface area contributed by atoms with Gasteiger partial charge in [0.25, 0.3) is 0 Å². The first kappa shape index (κ1) is 10.6. The lowest BCUT2D eigenvalue weighted by atomic mass is 10.3. The van der Waals surface area contributed by atoms with Crippen LogP contribution in [0.5, 0.6) is 0 Å². The number of anilines is 1. The molecule has 0 aliphatic heterocycles. The summed E-state index contributed by atoms with van der Waals surface area (Å²) in [7, 11) is 0. The number of aliphatic hydroxyl groups is 1. The van der Waals surface area contributed by atoms with Crippen molar-refractivity contribution in [3.05, 3.63) is 22.3 Å². The Hall–Kier alpha value is -0.510. The van der Waals surface area contributed by atoms with Crippen LogP contribution >= 0.6 is 23.2 Å². The minimum atomic E-state index is -0.0940. The van der Waals surface area contributed by atoms with Crippen molar-refractivity contribution < 1.29 is 5.11 Å². The molecule has 0 unspecified atom stereocenters. The van der Waals surface area contributed by atoms with Crippen molar-refractivity contribution in [2.75, 3.05) is 11.9 Å². The standard InChI is InChI=1S/C8H10Cl2N2O/c1-5(4-13)11-8-6(9)2-3-7(10)12-8/h2-3,5,13H,4H2,1H3,(H,11,12)/t5-/m0/s1. The summed E-state index contributed by atoms with van der Waals surface area (Å²) in [6.07, 6.45) is 0. The zero-order chi connectivity index (χ0) is 9.84. The Morgan fingerprint density at radius 1 is 1.54 bits per heavy atom. The zero-order valence-electron chi connectivity index (χ0n) is 7.09. The highest BCUT2D eigenvalue weighted by molar-refractivity contribution is 6.34. The second kappa shape index (κ2) is 4.65. The average Bonchev–Trinajstić information content (AvgIpc) is 2.11. The fraction of sp³-hybridized carbons (Fsp3) is 0.375. The third-order valence-corrected chi connectivity index (χ3v) is 1.98. The molecule has 1 atom stereocenters. The highest BCUT2D eigenvalue weighted by Gasteiger charge is 2.05. The van der Waals surface area contributed by atoms with Crippen LogP contribution in [-0.2, 0) is 0 Å². The van der Waals surface area contributed by atoms with Gasteiger partial charge in [-0.05, 0) is 19.1 Å². The van der Waals surface area contributed by atoms with Gasteiger partial charge in [0.15, 0.2) is 0 Å². The smallest absolute Gasteiger partial charge is 0.146 e. The molecular formula is C8H10Cl2N2O. The van der Waals surface area contributed by atoms with Gasteiger partial charge in [-0.15, -0.1) is 0 Å². The second-order valence-corrected chi connectivity index (χ2v) is 3.49. The normalized spacial score (nSPS) is 12.6. The number of rotatable bonds is 3. The third kappa shape index (κ3) is 3.03. The number of hydrogen-bond donors (Lipinski definition) is 2. The van der Waals surface area contributed by atoms with E-state index in [0.717, 1.165) is 0 Å². The zero-order valence-corrected chi connectivity index (χ0v) is 8.60. The molecule has 13 heavy (non-hydrogen) atoms. The van der Waals surface area contributed by atoms with Gasteiger partial charge in [-0.2, -0.15) is 0 Å². The summed E-state index contributed by atoms with van der Waals surface area (Å²) in [6, 6.07) is 3.17. The highest BCUT2D eigenvalue weighted by atomic mass is 35.5. The fourth-order valence-corrected chi connectivity index (χ4v) is 1.11. The summed E-state index contributed by atoms with van der Waals surface area (Å²) in [5.41, 5.74) is 0. The Bertz CT molecular complexity index is 293. The Morgan fingerprint density at radius 3 is 2.85 bits per heavy atom. The molecule has 1 aromatic rings. The lowest BCUT2D eigenvalue weighted by Gasteiger charge is -2.12. The van der Waals surface area contributed by atoms with Crippen molar-refractivity contribution in [2.24, 2.45) is 0 Å². The number of hydrogen-bond acceptors (Lipinski definition) is 3. The van der Waals surface area contributed by atoms with E-state index in [0.29, 0.717) is 16.0 Å². The maximum Gasteiger partial charge on any atom is 0.146 e. The van der Waals surface area contributed by atoms with E-state index in [-0.39, 0.29) is 12.6 Å². The van der Waals surface area contributed by atoms with Gasteiger partial charge in [0.1, 0.15) is 11.0 Å². The van der Waals surface area contributed by atoms with Crippen LogP contribution in [0.3, 0.4) is 0 Å². The lowest BCUT2D eigenvalue weighted by Crippen LogP contribution is -2.20. The summed E-state index contributed by atoms with van der Waals surface area (Å²) in [4.78, 5) is 3.97. The minimum absolute atomic E-state index is 0.0184. The molecule has 1 heterocycles. The van der Waals surface area contributed by atoms with Crippen molar-refractivity contribution in [1.82, 2.24) is 4.98 Å². The first-order valence-corrected chi connectivity index (χ1v) is 4.58. The van der Waals surface area contributed by atoms with Gasteiger partial charge in [-0.3, -0.25) is 0 Å². The molecule has 3 nitrogen and oxygen atoms in total. The molecule has 5 heteroatoms. The Morgan fingerprint density at radius 2 is 2.23 bits per heavy atom. The number of pyridine rings is 1. The first-order valence-electron chi connectivity index (χ1n) is 3.83. The van der Waals surface area contributed by atoms with Gasteiger partial charge in [0.05, 0.1) is 11.6 Å². The summed E-state index contributed by atoms with van der Waals surface area (Å²) < 4.78 is 0. The fourth-order valence-electron chi connectivity index (χ4n) is 0.799. The van der Waals surface area contributed by atoms with E-state index in [9.17, 15) is 0 Å². The minimum Gasteiger partial charge on any atom is -0.394 e. The molecule has 0 saturated heterocycles.